The predicted molar refractivity (Wildman–Crippen MR) is 104 cm³/mol. The highest BCUT2D eigenvalue weighted by atomic mass is 16.5. The van der Waals surface area contributed by atoms with Crippen molar-refractivity contribution in [3.05, 3.63) is 48.0 Å². The molecule has 2 rings (SSSR count). The lowest BCUT2D eigenvalue weighted by atomic mass is 10.2. The number of anilines is 2. The molecule has 0 heterocycles. The van der Waals surface area contributed by atoms with Crippen molar-refractivity contribution < 1.29 is 19.1 Å². The lowest BCUT2D eigenvalue weighted by molar-refractivity contribution is -0.114. The minimum Gasteiger partial charge on any atom is -0.493 e. The summed E-state index contributed by atoms with van der Waals surface area (Å²) < 4.78 is 10.3. The van der Waals surface area contributed by atoms with Gasteiger partial charge >= 0.3 is 6.03 Å². The molecule has 2 aromatic carbocycles. The minimum absolute atomic E-state index is 0.126. The van der Waals surface area contributed by atoms with E-state index in [2.05, 4.69) is 27.8 Å². The maximum absolute atomic E-state index is 11.9. The van der Waals surface area contributed by atoms with E-state index in [1.807, 2.05) is 0 Å². The number of nitrogens with one attached hydrogen (secondary N) is 3. The molecule has 3 amide bonds. The van der Waals surface area contributed by atoms with Crippen LogP contribution in [0.1, 0.15) is 12.5 Å². The van der Waals surface area contributed by atoms with Crippen molar-refractivity contribution in [3.8, 4) is 23.3 Å². The molecule has 0 saturated carbocycles. The molecule has 0 aliphatic rings. The molecule has 0 aliphatic carbocycles. The first kappa shape index (κ1) is 19.7. The molecule has 0 aliphatic heterocycles. The highest BCUT2D eigenvalue weighted by Crippen LogP contribution is 2.29. The number of benzene rings is 2. The number of methoxy groups -OCH3 is 2. The van der Waals surface area contributed by atoms with Crippen LogP contribution in [-0.4, -0.2) is 32.7 Å². The van der Waals surface area contributed by atoms with E-state index in [-0.39, 0.29) is 18.5 Å². The normalized spacial score (nSPS) is 9.44. The van der Waals surface area contributed by atoms with E-state index in [4.69, 9.17) is 9.47 Å². The van der Waals surface area contributed by atoms with Crippen molar-refractivity contribution in [1.29, 1.82) is 0 Å². The molecular formula is C20H21N3O4. The summed E-state index contributed by atoms with van der Waals surface area (Å²) in [6, 6.07) is 11.8. The lowest BCUT2D eigenvalue weighted by Gasteiger charge is -2.10. The molecule has 0 atom stereocenters. The summed E-state index contributed by atoms with van der Waals surface area (Å²) in [4.78, 5) is 22.9. The average molecular weight is 367 g/mol. The number of carbonyl (C=O) groups excluding carboxylic acids is 2. The van der Waals surface area contributed by atoms with Crippen molar-refractivity contribution in [3.63, 3.8) is 0 Å². The Labute approximate surface area is 158 Å². The van der Waals surface area contributed by atoms with Gasteiger partial charge in [-0.25, -0.2) is 4.79 Å². The number of hydrogen-bond acceptors (Lipinski definition) is 4. The third-order valence-corrected chi connectivity index (χ3v) is 3.42. The summed E-state index contributed by atoms with van der Waals surface area (Å²) in [6.45, 7) is 1.64. The lowest BCUT2D eigenvalue weighted by Crippen LogP contribution is -2.28. The maximum atomic E-state index is 11.9. The van der Waals surface area contributed by atoms with Crippen LogP contribution in [0.3, 0.4) is 0 Å². The minimum atomic E-state index is -0.377. The summed E-state index contributed by atoms with van der Waals surface area (Å²) in [5.74, 6) is 6.78. The highest BCUT2D eigenvalue weighted by Gasteiger charge is 2.06. The van der Waals surface area contributed by atoms with Crippen molar-refractivity contribution in [1.82, 2.24) is 5.32 Å². The molecule has 7 heteroatoms. The molecule has 0 unspecified atom stereocenters. The van der Waals surface area contributed by atoms with E-state index < -0.39 is 0 Å². The Bertz CT molecular complexity index is 867. The second kappa shape index (κ2) is 9.73. The van der Waals surface area contributed by atoms with E-state index in [9.17, 15) is 9.59 Å². The number of urea groups is 1. The van der Waals surface area contributed by atoms with Gasteiger partial charge in [-0.2, -0.15) is 0 Å². The molecule has 0 spiro atoms. The third kappa shape index (κ3) is 6.29. The van der Waals surface area contributed by atoms with Crippen molar-refractivity contribution >= 4 is 23.3 Å². The second-order valence-corrected chi connectivity index (χ2v) is 5.44. The van der Waals surface area contributed by atoms with E-state index in [0.29, 0.717) is 22.9 Å². The standard InChI is InChI=1S/C20H21N3O4/c1-14(24)22-16-8-6-15(7-9-16)5-4-12-21-20(25)23-17-10-11-18(26-2)19(13-17)27-3/h6-11,13H,12H2,1-3H3,(H,22,24)(H2,21,23,25). The monoisotopic (exact) mass is 367 g/mol. The molecule has 0 bridgehead atoms. The fourth-order valence-electron chi connectivity index (χ4n) is 2.20. The van der Waals surface area contributed by atoms with Gasteiger partial charge in [-0.3, -0.25) is 4.79 Å². The molecule has 3 N–H and O–H groups in total. The number of hydrogen-bond donors (Lipinski definition) is 3. The van der Waals surface area contributed by atoms with Crippen molar-refractivity contribution in [2.24, 2.45) is 0 Å². The van der Waals surface area contributed by atoms with Gasteiger partial charge in [0, 0.05) is 29.9 Å². The van der Waals surface area contributed by atoms with Gasteiger partial charge < -0.3 is 25.4 Å². The second-order valence-electron chi connectivity index (χ2n) is 5.44. The van der Waals surface area contributed by atoms with Gasteiger partial charge in [0.1, 0.15) is 0 Å². The fraction of sp³-hybridized carbons (Fsp3) is 0.200. The smallest absolute Gasteiger partial charge is 0.319 e. The summed E-state index contributed by atoms with van der Waals surface area (Å²) in [6.07, 6.45) is 0. The molecule has 0 aromatic heterocycles. The Hall–Kier alpha value is -3.66. The first-order valence-electron chi connectivity index (χ1n) is 8.15. The van der Waals surface area contributed by atoms with Gasteiger partial charge in [0.25, 0.3) is 0 Å². The molecule has 0 saturated heterocycles. The zero-order valence-electron chi connectivity index (χ0n) is 15.4. The Morgan fingerprint density at radius 1 is 0.926 bits per heavy atom. The average Bonchev–Trinajstić information content (AvgIpc) is 2.66. The highest BCUT2D eigenvalue weighted by molar-refractivity contribution is 5.90. The Kier molecular flexibility index (Phi) is 7.08. The largest absolute Gasteiger partial charge is 0.493 e. The molecule has 27 heavy (non-hydrogen) atoms. The van der Waals surface area contributed by atoms with E-state index >= 15 is 0 Å². The van der Waals surface area contributed by atoms with Crippen LogP contribution in [0.2, 0.25) is 0 Å². The van der Waals surface area contributed by atoms with Crippen molar-refractivity contribution in [2.45, 2.75) is 6.92 Å². The molecule has 140 valence electrons. The summed E-state index contributed by atoms with van der Waals surface area (Å²) in [7, 11) is 3.07. The van der Waals surface area contributed by atoms with Gasteiger partial charge in [-0.15, -0.1) is 0 Å². The Morgan fingerprint density at radius 3 is 2.22 bits per heavy atom. The number of rotatable bonds is 5. The molecular weight excluding hydrogens is 346 g/mol. The van der Waals surface area contributed by atoms with Crippen molar-refractivity contribution in [2.75, 3.05) is 31.4 Å². The van der Waals surface area contributed by atoms with Gasteiger partial charge in [0.2, 0.25) is 5.91 Å². The fourth-order valence-corrected chi connectivity index (χ4v) is 2.20. The topological polar surface area (TPSA) is 88.7 Å². The van der Waals surface area contributed by atoms with Gasteiger partial charge in [-0.05, 0) is 36.4 Å². The molecule has 0 fully saturated rings. The quantitative estimate of drug-likeness (QED) is 0.709. The van der Waals surface area contributed by atoms with E-state index in [0.717, 1.165) is 5.56 Å². The van der Waals surface area contributed by atoms with Crippen LogP contribution in [0.15, 0.2) is 42.5 Å². The van der Waals surface area contributed by atoms with Crippen LogP contribution in [0.25, 0.3) is 0 Å². The van der Waals surface area contributed by atoms with Crippen LogP contribution in [0.5, 0.6) is 11.5 Å². The van der Waals surface area contributed by atoms with E-state index in [1.165, 1.54) is 14.0 Å². The zero-order valence-corrected chi connectivity index (χ0v) is 15.4. The summed E-state index contributed by atoms with van der Waals surface area (Å²) >= 11 is 0. The summed E-state index contributed by atoms with van der Waals surface area (Å²) in [5, 5.41) is 8.03. The van der Waals surface area contributed by atoms with E-state index in [1.54, 1.807) is 49.6 Å². The zero-order chi connectivity index (χ0) is 19.6. The van der Waals surface area contributed by atoms with Crippen LogP contribution < -0.4 is 25.4 Å². The SMILES string of the molecule is COc1ccc(NC(=O)NCC#Cc2ccc(NC(C)=O)cc2)cc1OC. The van der Waals surface area contributed by atoms with Gasteiger partial charge in [0.15, 0.2) is 11.5 Å². The predicted octanol–water partition coefficient (Wildman–Crippen LogP) is 2.84. The van der Waals surface area contributed by atoms with Gasteiger partial charge in [0.05, 0.1) is 20.8 Å². The Morgan fingerprint density at radius 2 is 1.59 bits per heavy atom. The first-order valence-corrected chi connectivity index (χ1v) is 8.15. The van der Waals surface area contributed by atoms with Crippen LogP contribution in [-0.2, 0) is 4.79 Å². The summed E-state index contributed by atoms with van der Waals surface area (Å²) in [5.41, 5.74) is 2.07. The van der Waals surface area contributed by atoms with Crippen LogP contribution in [0.4, 0.5) is 16.2 Å². The number of carbonyl (C=O) groups is 2. The number of amides is 3. The molecule has 0 radical (unpaired) electrons. The van der Waals surface area contributed by atoms with Crippen LogP contribution in [0, 0.1) is 11.8 Å². The molecule has 7 nitrogen and oxygen atoms in total. The third-order valence-electron chi connectivity index (χ3n) is 3.42. The Balaban J connectivity index is 1.84. The van der Waals surface area contributed by atoms with Gasteiger partial charge in [-0.1, -0.05) is 11.8 Å². The first-order chi connectivity index (χ1) is 13.0. The van der Waals surface area contributed by atoms with Crippen LogP contribution >= 0.6 is 0 Å². The molecule has 2 aromatic rings. The number of ether oxygens (including phenoxy) is 2. The maximum Gasteiger partial charge on any atom is 0.319 e.